The molecule has 0 amide bonds. The summed E-state index contributed by atoms with van der Waals surface area (Å²) in [6.07, 6.45) is 19.9. The number of ether oxygens (including phenoxy) is 1. The summed E-state index contributed by atoms with van der Waals surface area (Å²) in [5.41, 5.74) is 2.54. The molecule has 194 valence electrons. The first-order valence-electron chi connectivity index (χ1n) is 15.1. The van der Waals surface area contributed by atoms with Crippen LogP contribution in [0.15, 0.2) is 11.6 Å². The van der Waals surface area contributed by atoms with Crippen molar-refractivity contribution in [3.63, 3.8) is 0 Å². The van der Waals surface area contributed by atoms with Crippen LogP contribution < -0.4 is 0 Å². The lowest BCUT2D eigenvalue weighted by atomic mass is 9.47. The van der Waals surface area contributed by atoms with Crippen molar-refractivity contribution in [2.75, 3.05) is 0 Å². The highest BCUT2D eigenvalue weighted by Gasteiger charge is 2.59. The van der Waals surface area contributed by atoms with Crippen LogP contribution in [0, 0.1) is 46.3 Å². The van der Waals surface area contributed by atoms with Gasteiger partial charge in [0.1, 0.15) is 6.10 Å². The average Bonchev–Trinajstić information content (AvgIpc) is 3.15. The molecule has 2 heteroatoms. The average molecular weight is 471 g/mol. The van der Waals surface area contributed by atoms with E-state index in [1.54, 1.807) is 5.57 Å². The molecular weight excluding hydrogens is 416 g/mol. The Balaban J connectivity index is 1.41. The fraction of sp³-hybridized carbons (Fsp3) is 0.906. The Labute approximate surface area is 211 Å². The largest absolute Gasteiger partial charge is 0.462 e. The van der Waals surface area contributed by atoms with Crippen LogP contribution in [0.5, 0.6) is 0 Å². The summed E-state index contributed by atoms with van der Waals surface area (Å²) in [7, 11) is 0. The van der Waals surface area contributed by atoms with Crippen molar-refractivity contribution in [2.45, 2.75) is 138 Å². The van der Waals surface area contributed by atoms with Gasteiger partial charge in [-0.25, -0.2) is 0 Å². The van der Waals surface area contributed by atoms with Gasteiger partial charge in [-0.1, -0.05) is 78.9 Å². The lowest BCUT2D eigenvalue weighted by Crippen LogP contribution is -2.51. The van der Waals surface area contributed by atoms with Gasteiger partial charge in [-0.05, 0) is 97.7 Å². The van der Waals surface area contributed by atoms with E-state index in [0.29, 0.717) is 17.3 Å². The first kappa shape index (κ1) is 26.3. The van der Waals surface area contributed by atoms with Crippen molar-refractivity contribution in [1.82, 2.24) is 0 Å². The number of hydrogen-bond acceptors (Lipinski definition) is 2. The Morgan fingerprint density at radius 1 is 1.03 bits per heavy atom. The topological polar surface area (TPSA) is 26.3 Å². The number of allylic oxidation sites excluding steroid dienone is 1. The maximum absolute atomic E-state index is 12.2. The van der Waals surface area contributed by atoms with Gasteiger partial charge < -0.3 is 4.74 Å². The van der Waals surface area contributed by atoms with Crippen molar-refractivity contribution in [3.8, 4) is 0 Å². The summed E-state index contributed by atoms with van der Waals surface area (Å²) in [6, 6.07) is 0. The van der Waals surface area contributed by atoms with Crippen LogP contribution in [0.4, 0.5) is 0 Å². The number of hydrogen-bond donors (Lipinski definition) is 0. The Bertz CT molecular complexity index is 737. The minimum Gasteiger partial charge on any atom is -0.462 e. The molecule has 0 bridgehead atoms. The molecule has 0 unspecified atom stereocenters. The van der Waals surface area contributed by atoms with Crippen LogP contribution in [0.3, 0.4) is 0 Å². The van der Waals surface area contributed by atoms with Gasteiger partial charge in [0.25, 0.3) is 0 Å². The molecule has 0 aromatic heterocycles. The van der Waals surface area contributed by atoms with Gasteiger partial charge in [-0.2, -0.15) is 0 Å². The predicted octanol–water partition coefficient (Wildman–Crippen LogP) is 9.13. The summed E-state index contributed by atoms with van der Waals surface area (Å²) in [4.78, 5) is 12.2. The quantitative estimate of drug-likeness (QED) is 0.248. The second kappa shape index (κ2) is 10.7. The van der Waals surface area contributed by atoms with E-state index in [2.05, 4.69) is 47.6 Å². The van der Waals surface area contributed by atoms with E-state index in [9.17, 15) is 4.79 Å². The number of esters is 1. The molecule has 0 aromatic rings. The van der Waals surface area contributed by atoms with E-state index in [1.807, 2.05) is 0 Å². The number of rotatable bonds is 9. The van der Waals surface area contributed by atoms with E-state index in [-0.39, 0.29) is 12.1 Å². The minimum atomic E-state index is 0.0256. The lowest BCUT2D eigenvalue weighted by molar-refractivity contribution is -0.151. The third kappa shape index (κ3) is 5.04. The molecule has 4 aliphatic carbocycles. The fourth-order valence-corrected chi connectivity index (χ4v) is 9.32. The van der Waals surface area contributed by atoms with E-state index in [0.717, 1.165) is 61.2 Å². The molecule has 0 N–H and O–H groups in total. The smallest absolute Gasteiger partial charge is 0.306 e. The molecule has 0 heterocycles. The Kier molecular flexibility index (Phi) is 8.25. The van der Waals surface area contributed by atoms with Crippen molar-refractivity contribution in [1.29, 1.82) is 0 Å². The molecule has 2 nitrogen and oxygen atoms in total. The van der Waals surface area contributed by atoms with Crippen molar-refractivity contribution in [2.24, 2.45) is 46.3 Å². The Morgan fingerprint density at radius 2 is 1.82 bits per heavy atom. The molecule has 34 heavy (non-hydrogen) atoms. The number of fused-ring (bicyclic) bond motifs is 5. The summed E-state index contributed by atoms with van der Waals surface area (Å²) >= 11 is 0. The standard InChI is InChI=1S/C32H54O2/c1-7-8-12-30(33)34-25-17-19-31(5)24(21-25)13-14-26-28-16-15-27(23(4)11-9-10-22(2)3)32(28,6)20-18-29(26)31/h13,22-23,25-29H,7-12,14-21H2,1-6H3/t23-,25-,26+,27-,28-,29+,31+,32-/m1/s1. The summed E-state index contributed by atoms with van der Waals surface area (Å²) in [5.74, 6) is 5.32. The second-order valence-electron chi connectivity index (χ2n) is 13.7. The maximum Gasteiger partial charge on any atom is 0.306 e. The highest BCUT2D eigenvalue weighted by atomic mass is 16.5. The minimum absolute atomic E-state index is 0.0256. The summed E-state index contributed by atoms with van der Waals surface area (Å²) in [5, 5.41) is 0. The maximum atomic E-state index is 12.2. The fourth-order valence-electron chi connectivity index (χ4n) is 9.32. The SMILES string of the molecule is CCCCC(=O)O[C@@H]1CC[C@@]2(C)C(=CC[C@H]3[C@H]4CC[C@H]([C@H](C)CCCC(C)C)[C@@]4(C)CC[C@@H]32)C1. The summed E-state index contributed by atoms with van der Waals surface area (Å²) < 4.78 is 5.92. The van der Waals surface area contributed by atoms with Crippen molar-refractivity contribution < 1.29 is 9.53 Å². The molecule has 3 saturated carbocycles. The van der Waals surface area contributed by atoms with Gasteiger partial charge in [0.2, 0.25) is 0 Å². The van der Waals surface area contributed by atoms with Crippen molar-refractivity contribution >= 4 is 5.97 Å². The third-order valence-electron chi connectivity index (χ3n) is 11.3. The van der Waals surface area contributed by atoms with Crippen LogP contribution in [-0.2, 0) is 9.53 Å². The van der Waals surface area contributed by atoms with E-state index >= 15 is 0 Å². The first-order chi connectivity index (χ1) is 16.2. The highest BCUT2D eigenvalue weighted by molar-refractivity contribution is 5.69. The molecule has 0 saturated heterocycles. The number of carbonyl (C=O) groups is 1. The van der Waals surface area contributed by atoms with Gasteiger partial charge >= 0.3 is 5.97 Å². The third-order valence-corrected chi connectivity index (χ3v) is 11.3. The van der Waals surface area contributed by atoms with E-state index < -0.39 is 0 Å². The monoisotopic (exact) mass is 470 g/mol. The first-order valence-corrected chi connectivity index (χ1v) is 15.1. The zero-order chi connectivity index (χ0) is 24.5. The zero-order valence-corrected chi connectivity index (χ0v) is 23.3. The molecule has 3 fully saturated rings. The van der Waals surface area contributed by atoms with Gasteiger partial charge in [0.15, 0.2) is 0 Å². The van der Waals surface area contributed by atoms with Crippen LogP contribution in [0.25, 0.3) is 0 Å². The molecule has 0 aliphatic heterocycles. The van der Waals surface area contributed by atoms with Crippen LogP contribution in [-0.4, -0.2) is 12.1 Å². The normalized spacial score (nSPS) is 40.2. The van der Waals surface area contributed by atoms with Crippen molar-refractivity contribution in [3.05, 3.63) is 11.6 Å². The molecule has 0 aromatic carbocycles. The lowest BCUT2D eigenvalue weighted by Gasteiger charge is -2.58. The Morgan fingerprint density at radius 3 is 2.56 bits per heavy atom. The molecular formula is C32H54O2. The molecule has 4 rings (SSSR count). The summed E-state index contributed by atoms with van der Waals surface area (Å²) in [6.45, 7) is 14.7. The van der Waals surface area contributed by atoms with Crippen LogP contribution in [0.2, 0.25) is 0 Å². The van der Waals surface area contributed by atoms with Gasteiger partial charge in [0.05, 0.1) is 0 Å². The predicted molar refractivity (Wildman–Crippen MR) is 142 cm³/mol. The van der Waals surface area contributed by atoms with E-state index in [4.69, 9.17) is 4.74 Å². The number of carbonyl (C=O) groups excluding carboxylic acids is 1. The Hall–Kier alpha value is -0.790. The zero-order valence-electron chi connectivity index (χ0n) is 23.3. The molecule has 0 radical (unpaired) electrons. The highest BCUT2D eigenvalue weighted by Crippen LogP contribution is 2.67. The van der Waals surface area contributed by atoms with E-state index in [1.165, 1.54) is 57.8 Å². The van der Waals surface area contributed by atoms with Gasteiger partial charge in [-0.15, -0.1) is 0 Å². The van der Waals surface area contributed by atoms with Crippen LogP contribution in [0.1, 0.15) is 131 Å². The van der Waals surface area contributed by atoms with Gasteiger partial charge in [-0.3, -0.25) is 4.79 Å². The molecule has 0 spiro atoms. The number of unbranched alkanes of at least 4 members (excludes halogenated alkanes) is 1. The van der Waals surface area contributed by atoms with Crippen LogP contribution >= 0.6 is 0 Å². The van der Waals surface area contributed by atoms with Gasteiger partial charge in [0, 0.05) is 12.8 Å². The molecule has 4 aliphatic rings. The molecule has 8 atom stereocenters. The second-order valence-corrected chi connectivity index (χ2v) is 13.7.